The molecule has 1 aromatic heterocycles. The fraction of sp³-hybridized carbons (Fsp3) is 0.0500. The number of carbonyl (C=O) groups is 1. The van der Waals surface area contributed by atoms with Crippen molar-refractivity contribution in [3.05, 3.63) is 69.5 Å². The summed E-state index contributed by atoms with van der Waals surface area (Å²) in [6.45, 7) is 1.76. The topological polar surface area (TPSA) is 94.0 Å². The fourth-order valence-electron chi connectivity index (χ4n) is 2.50. The lowest BCUT2D eigenvalue weighted by Gasteiger charge is -2.08. The van der Waals surface area contributed by atoms with E-state index >= 15 is 0 Å². The van der Waals surface area contributed by atoms with Crippen LogP contribution in [-0.2, 0) is 0 Å². The van der Waals surface area contributed by atoms with Crippen molar-refractivity contribution >= 4 is 62.0 Å². The molecule has 0 amide bonds. The summed E-state index contributed by atoms with van der Waals surface area (Å²) < 4.78 is 0.967. The summed E-state index contributed by atoms with van der Waals surface area (Å²) in [7, 11) is 0. The quantitative estimate of drug-likeness (QED) is 0.221. The van der Waals surface area contributed by atoms with Crippen LogP contribution in [0.25, 0.3) is 10.4 Å². The fourth-order valence-corrected chi connectivity index (χ4v) is 3.94. The van der Waals surface area contributed by atoms with E-state index in [9.17, 15) is 9.90 Å². The molecule has 148 valence electrons. The second-order valence-electron chi connectivity index (χ2n) is 5.98. The Hall–Kier alpha value is -2.75. The maximum absolute atomic E-state index is 11.0. The second-order valence-corrected chi connectivity index (χ2v) is 8.19. The van der Waals surface area contributed by atoms with Gasteiger partial charge in [-0.15, -0.1) is 11.3 Å². The molecule has 9 heteroatoms. The number of hydrogen-bond donors (Lipinski definition) is 4. The maximum atomic E-state index is 11.0. The molecule has 0 spiro atoms. The van der Waals surface area contributed by atoms with Crippen LogP contribution in [-0.4, -0.2) is 27.0 Å². The Morgan fingerprint density at radius 3 is 2.62 bits per heavy atom. The Kier molecular flexibility index (Phi) is 6.63. The molecule has 0 saturated carbocycles. The van der Waals surface area contributed by atoms with Crippen molar-refractivity contribution < 1.29 is 15.0 Å². The lowest BCUT2D eigenvalue weighted by Crippen LogP contribution is -2.25. The van der Waals surface area contributed by atoms with E-state index < -0.39 is 5.97 Å². The molecule has 0 aliphatic rings. The van der Waals surface area contributed by atoms with E-state index in [2.05, 4.69) is 31.8 Å². The highest BCUT2D eigenvalue weighted by Gasteiger charge is 2.14. The van der Waals surface area contributed by atoms with Gasteiger partial charge in [0.15, 0.2) is 5.11 Å². The summed E-state index contributed by atoms with van der Waals surface area (Å²) in [5.74, 6) is -0.857. The number of benzene rings is 2. The zero-order valence-corrected chi connectivity index (χ0v) is 18.4. The van der Waals surface area contributed by atoms with Gasteiger partial charge in [-0.2, -0.15) is 5.10 Å². The Morgan fingerprint density at radius 1 is 1.21 bits per heavy atom. The molecule has 29 heavy (non-hydrogen) atoms. The van der Waals surface area contributed by atoms with Crippen LogP contribution in [0.15, 0.2) is 63.5 Å². The molecule has 0 aliphatic carbocycles. The number of thiophene rings is 1. The highest BCUT2D eigenvalue weighted by molar-refractivity contribution is 9.10. The number of thiocarbonyl (C=S) groups is 1. The molecule has 3 rings (SSSR count). The van der Waals surface area contributed by atoms with Gasteiger partial charge in [-0.1, -0.05) is 34.1 Å². The molecule has 1 heterocycles. The van der Waals surface area contributed by atoms with Crippen LogP contribution in [0.2, 0.25) is 0 Å². The smallest absolute Gasteiger partial charge is 0.335 e. The molecule has 0 saturated heterocycles. The van der Waals surface area contributed by atoms with Crippen LogP contribution in [0.5, 0.6) is 5.75 Å². The number of hydrogen-bond acceptors (Lipinski definition) is 5. The first kappa shape index (κ1) is 21.0. The highest BCUT2D eigenvalue weighted by Crippen LogP contribution is 2.39. The van der Waals surface area contributed by atoms with E-state index in [1.165, 1.54) is 23.5 Å². The summed E-state index contributed by atoms with van der Waals surface area (Å²) in [5.41, 5.74) is 5.48. The van der Waals surface area contributed by atoms with Crippen molar-refractivity contribution in [1.82, 2.24) is 5.43 Å². The first-order chi connectivity index (χ1) is 13.8. The lowest BCUT2D eigenvalue weighted by atomic mass is 10.1. The lowest BCUT2D eigenvalue weighted by molar-refractivity contribution is 0.0697. The van der Waals surface area contributed by atoms with E-state index in [1.54, 1.807) is 19.1 Å². The van der Waals surface area contributed by atoms with E-state index in [0.717, 1.165) is 14.9 Å². The normalized spacial score (nSPS) is 11.2. The molecule has 0 unspecified atom stereocenters. The maximum Gasteiger partial charge on any atom is 0.335 e. The van der Waals surface area contributed by atoms with Crippen LogP contribution in [0.4, 0.5) is 5.69 Å². The van der Waals surface area contributed by atoms with Gasteiger partial charge in [-0.25, -0.2) is 4.79 Å². The van der Waals surface area contributed by atoms with Crippen LogP contribution < -0.4 is 10.7 Å². The van der Waals surface area contributed by atoms with E-state index in [-0.39, 0.29) is 16.4 Å². The Bertz CT molecular complexity index is 1090. The van der Waals surface area contributed by atoms with Crippen molar-refractivity contribution in [3.63, 3.8) is 0 Å². The van der Waals surface area contributed by atoms with Gasteiger partial charge in [-0.3, -0.25) is 5.43 Å². The van der Waals surface area contributed by atoms with Crippen LogP contribution in [0.1, 0.15) is 22.8 Å². The third-order valence-electron chi connectivity index (χ3n) is 3.95. The molecule has 3 aromatic rings. The minimum absolute atomic E-state index is 0.154. The number of hydrazone groups is 1. The van der Waals surface area contributed by atoms with Gasteiger partial charge in [0.2, 0.25) is 0 Å². The van der Waals surface area contributed by atoms with E-state index in [4.69, 9.17) is 17.3 Å². The van der Waals surface area contributed by atoms with Gasteiger partial charge < -0.3 is 15.5 Å². The number of anilines is 1. The summed E-state index contributed by atoms with van der Waals surface area (Å²) in [4.78, 5) is 11.8. The first-order valence-corrected chi connectivity index (χ1v) is 10.4. The van der Waals surface area contributed by atoms with Crippen LogP contribution in [0, 0.1) is 0 Å². The van der Waals surface area contributed by atoms with Crippen LogP contribution >= 0.6 is 39.5 Å². The number of halogens is 1. The number of nitrogens with zero attached hydrogens (tertiary/aromatic N) is 1. The number of aromatic carboxylic acids is 1. The van der Waals surface area contributed by atoms with Gasteiger partial charge >= 0.3 is 5.97 Å². The predicted octanol–water partition coefficient (Wildman–Crippen LogP) is 5.29. The molecule has 6 nitrogen and oxygen atoms in total. The molecule has 2 aromatic carbocycles. The minimum atomic E-state index is -1.02. The third-order valence-corrected chi connectivity index (χ3v) is 5.69. The van der Waals surface area contributed by atoms with E-state index in [1.807, 2.05) is 29.6 Å². The first-order valence-electron chi connectivity index (χ1n) is 8.36. The number of rotatable bonds is 5. The zero-order chi connectivity index (χ0) is 21.0. The molecule has 0 aliphatic heterocycles. The summed E-state index contributed by atoms with van der Waals surface area (Å²) in [6.07, 6.45) is 0. The molecule has 0 atom stereocenters. The van der Waals surface area contributed by atoms with Crippen molar-refractivity contribution in [2.75, 3.05) is 5.32 Å². The van der Waals surface area contributed by atoms with Crippen molar-refractivity contribution in [2.24, 2.45) is 5.10 Å². The van der Waals surface area contributed by atoms with Gasteiger partial charge in [-0.05, 0) is 55.0 Å². The van der Waals surface area contributed by atoms with Crippen molar-refractivity contribution in [2.45, 2.75) is 6.92 Å². The number of aromatic hydroxyl groups is 1. The largest absolute Gasteiger partial charge is 0.506 e. The molecule has 0 fully saturated rings. The summed E-state index contributed by atoms with van der Waals surface area (Å²) in [6, 6.07) is 14.0. The van der Waals surface area contributed by atoms with Gasteiger partial charge in [0, 0.05) is 15.5 Å². The van der Waals surface area contributed by atoms with Crippen molar-refractivity contribution in [1.29, 1.82) is 0 Å². The summed E-state index contributed by atoms with van der Waals surface area (Å²) >= 11 is 10.0. The minimum Gasteiger partial charge on any atom is -0.506 e. The number of carboxylic acid groups (broad SMARTS) is 1. The Labute approximate surface area is 185 Å². The SMILES string of the molecule is C/C(=N\NC(=S)Nc1cccc(C(=O)O)c1)c1csc(-c2ccc(Br)cc2)c1O. The molecule has 0 bridgehead atoms. The summed E-state index contributed by atoms with van der Waals surface area (Å²) in [5, 5.41) is 28.8. The van der Waals surface area contributed by atoms with E-state index in [0.29, 0.717) is 17.0 Å². The zero-order valence-electron chi connectivity index (χ0n) is 15.1. The Morgan fingerprint density at radius 2 is 1.93 bits per heavy atom. The molecular weight excluding hydrogens is 474 g/mol. The second kappa shape index (κ2) is 9.17. The third kappa shape index (κ3) is 5.20. The number of nitrogens with one attached hydrogen (secondary N) is 2. The average Bonchev–Trinajstić information content (AvgIpc) is 3.08. The molecule has 4 N–H and O–H groups in total. The van der Waals surface area contributed by atoms with Crippen molar-refractivity contribution in [3.8, 4) is 16.2 Å². The van der Waals surface area contributed by atoms with Gasteiger partial charge in [0.25, 0.3) is 0 Å². The molecule has 0 radical (unpaired) electrons. The molecular formula is C20H16BrN3O3S2. The monoisotopic (exact) mass is 489 g/mol. The van der Waals surface area contributed by atoms with Crippen LogP contribution in [0.3, 0.4) is 0 Å². The van der Waals surface area contributed by atoms with Gasteiger partial charge in [0.05, 0.1) is 21.7 Å². The predicted molar refractivity (Wildman–Crippen MR) is 124 cm³/mol. The highest BCUT2D eigenvalue weighted by atomic mass is 79.9. The van der Waals surface area contributed by atoms with Gasteiger partial charge in [0.1, 0.15) is 5.75 Å². The number of carboxylic acids is 1. The Balaban J connectivity index is 1.70. The average molecular weight is 490 g/mol. The standard InChI is InChI=1S/C20H16BrN3O3S2/c1-11(16-10-29-18(17(16)25)12-5-7-14(21)8-6-12)23-24-20(28)22-15-4-2-3-13(9-15)19(26)27/h2-10,25H,1H3,(H,26,27)(H2,22,24,28)/b23-11+.